The molecule has 202 valence electrons. The highest BCUT2D eigenvalue weighted by molar-refractivity contribution is 6.08. The molecule has 39 heavy (non-hydrogen) atoms. The number of hydrogen-bond acceptors (Lipinski definition) is 8. The zero-order valence-electron chi connectivity index (χ0n) is 22.2. The number of rotatable bonds is 11. The maximum atomic E-state index is 13.0. The fourth-order valence-corrected chi connectivity index (χ4v) is 4.44. The molecule has 1 aliphatic carbocycles. The molecule has 0 spiro atoms. The second kappa shape index (κ2) is 12.1. The van der Waals surface area contributed by atoms with Crippen molar-refractivity contribution in [1.29, 1.82) is 0 Å². The lowest BCUT2D eigenvalue weighted by molar-refractivity contribution is -0.135. The lowest BCUT2D eigenvalue weighted by atomic mass is 10.0. The summed E-state index contributed by atoms with van der Waals surface area (Å²) in [5.41, 5.74) is 6.64. The third-order valence-electron chi connectivity index (χ3n) is 6.39. The van der Waals surface area contributed by atoms with Gasteiger partial charge in [-0.15, -0.1) is 0 Å². The number of carboxylic acid groups (broad SMARTS) is 1. The van der Waals surface area contributed by atoms with E-state index in [1.165, 1.54) is 14.2 Å². The van der Waals surface area contributed by atoms with Gasteiger partial charge in [-0.1, -0.05) is 0 Å². The maximum absolute atomic E-state index is 13.0. The molecule has 10 heteroatoms. The molecule has 2 aromatic heterocycles. The summed E-state index contributed by atoms with van der Waals surface area (Å²) in [6.07, 6.45) is 7.27. The Morgan fingerprint density at radius 2 is 1.69 bits per heavy atom. The normalized spacial score (nSPS) is 13.2. The number of allylic oxidation sites excluding steroid dienone is 2. The molecule has 0 saturated heterocycles. The Morgan fingerprint density at radius 1 is 1.00 bits per heavy atom. The minimum absolute atomic E-state index is 0.110. The molecule has 0 saturated carbocycles. The maximum Gasteiger partial charge on any atom is 0.322 e. The first-order valence-corrected chi connectivity index (χ1v) is 12.2. The van der Waals surface area contributed by atoms with Crippen molar-refractivity contribution in [3.63, 3.8) is 0 Å². The summed E-state index contributed by atoms with van der Waals surface area (Å²) in [5.74, 6) is 0.210. The van der Waals surface area contributed by atoms with Crippen molar-refractivity contribution in [2.75, 3.05) is 33.2 Å². The number of aliphatic carboxylic acids is 1. The topological polar surface area (TPSA) is 132 Å². The quantitative estimate of drug-likeness (QED) is 0.336. The van der Waals surface area contributed by atoms with Crippen molar-refractivity contribution < 1.29 is 28.9 Å². The minimum Gasteiger partial charge on any atom is -0.494 e. The van der Waals surface area contributed by atoms with Crippen molar-refractivity contribution in [3.05, 3.63) is 76.7 Å². The van der Waals surface area contributed by atoms with Gasteiger partial charge in [0.15, 0.2) is 0 Å². The van der Waals surface area contributed by atoms with Crippen molar-refractivity contribution in [2.24, 2.45) is 0 Å². The van der Waals surface area contributed by atoms with Crippen LogP contribution in [0.25, 0.3) is 17.2 Å². The Labute approximate surface area is 226 Å². The number of carbonyl (C=O) groups excluding carboxylic acids is 1. The third kappa shape index (κ3) is 6.18. The molecular weight excluding hydrogens is 500 g/mol. The largest absolute Gasteiger partial charge is 0.494 e. The minimum atomic E-state index is -1.01. The number of anilines is 1. The van der Waals surface area contributed by atoms with Gasteiger partial charge in [0.05, 0.1) is 27.8 Å². The summed E-state index contributed by atoms with van der Waals surface area (Å²) in [4.78, 5) is 32.4. The van der Waals surface area contributed by atoms with E-state index in [0.717, 1.165) is 39.0 Å². The number of pyridine rings is 2. The van der Waals surface area contributed by atoms with Gasteiger partial charge in [0, 0.05) is 36.8 Å². The van der Waals surface area contributed by atoms with E-state index in [2.05, 4.69) is 20.6 Å². The molecule has 0 atom stereocenters. The molecule has 1 aliphatic rings. The predicted molar refractivity (Wildman–Crippen MR) is 148 cm³/mol. The number of nitrogens with one attached hydrogen (secondary N) is 2. The number of carbonyl (C=O) groups is 2. The van der Waals surface area contributed by atoms with Crippen LogP contribution in [0.5, 0.6) is 17.4 Å². The zero-order chi connectivity index (χ0) is 27.9. The SMILES string of the molecule is COc1cc2c(cn1)/C(=C\c1cc(OC)c(NCC(=O)O)c(OC)c1)C(C)=C2CC(=O)NCc1ccncc1. The van der Waals surface area contributed by atoms with E-state index < -0.39 is 5.97 Å². The van der Waals surface area contributed by atoms with E-state index in [0.29, 0.717) is 29.6 Å². The van der Waals surface area contributed by atoms with Crippen LogP contribution in [0.15, 0.2) is 54.5 Å². The molecule has 3 aromatic rings. The van der Waals surface area contributed by atoms with Crippen LogP contribution in [0.3, 0.4) is 0 Å². The van der Waals surface area contributed by atoms with E-state index in [4.69, 9.17) is 19.3 Å². The second-order valence-corrected chi connectivity index (χ2v) is 8.79. The van der Waals surface area contributed by atoms with Crippen molar-refractivity contribution >= 4 is 34.8 Å². The smallest absolute Gasteiger partial charge is 0.322 e. The fourth-order valence-electron chi connectivity index (χ4n) is 4.44. The van der Waals surface area contributed by atoms with Crippen molar-refractivity contribution in [1.82, 2.24) is 15.3 Å². The van der Waals surface area contributed by atoms with Crippen LogP contribution in [0.4, 0.5) is 5.69 Å². The van der Waals surface area contributed by atoms with Crippen LogP contribution < -0.4 is 24.8 Å². The number of methoxy groups -OCH3 is 3. The van der Waals surface area contributed by atoms with Gasteiger partial charge in [0.1, 0.15) is 23.7 Å². The predicted octanol–water partition coefficient (Wildman–Crippen LogP) is 4.03. The van der Waals surface area contributed by atoms with Gasteiger partial charge in [0.25, 0.3) is 0 Å². The van der Waals surface area contributed by atoms with Crippen LogP contribution in [0.1, 0.15) is 35.6 Å². The molecule has 0 aliphatic heterocycles. The lowest BCUT2D eigenvalue weighted by Gasteiger charge is -2.15. The summed E-state index contributed by atoms with van der Waals surface area (Å²) in [6.45, 7) is 2.09. The third-order valence-corrected chi connectivity index (χ3v) is 6.39. The van der Waals surface area contributed by atoms with Gasteiger partial charge in [0.2, 0.25) is 11.8 Å². The molecule has 0 bridgehead atoms. The first-order chi connectivity index (χ1) is 18.8. The van der Waals surface area contributed by atoms with Gasteiger partial charge in [-0.2, -0.15) is 0 Å². The number of benzene rings is 1. The van der Waals surface area contributed by atoms with Crippen LogP contribution in [0, 0.1) is 0 Å². The Bertz CT molecular complexity index is 1420. The number of amides is 1. The number of ether oxygens (including phenoxy) is 3. The van der Waals surface area contributed by atoms with Gasteiger partial charge in [-0.05, 0) is 70.7 Å². The number of carboxylic acids is 1. The van der Waals surface area contributed by atoms with E-state index >= 15 is 0 Å². The number of hydrogen-bond donors (Lipinski definition) is 3. The van der Waals surface area contributed by atoms with Gasteiger partial charge in [-0.3, -0.25) is 14.6 Å². The average Bonchev–Trinajstić information content (AvgIpc) is 3.20. The van der Waals surface area contributed by atoms with Crippen LogP contribution in [-0.4, -0.2) is 54.8 Å². The molecular formula is C29H30N4O6. The number of nitrogens with zero attached hydrogens (tertiary/aromatic N) is 2. The van der Waals surface area contributed by atoms with Crippen LogP contribution in [-0.2, 0) is 16.1 Å². The first-order valence-electron chi connectivity index (χ1n) is 12.2. The Kier molecular flexibility index (Phi) is 8.45. The highest BCUT2D eigenvalue weighted by Crippen LogP contribution is 2.45. The standard InChI is InChI=1S/C29H30N4O6/c1-17-20(9-19-10-24(37-2)29(25(11-19)38-3)33-16-28(35)36)23-15-32-27(39-4)13-22(23)21(17)12-26(34)31-14-18-5-7-30-8-6-18/h5-11,13,15,33H,12,14,16H2,1-4H3,(H,31,34)(H,35,36)/b20-9-. The van der Waals surface area contributed by atoms with Crippen LogP contribution >= 0.6 is 0 Å². The monoisotopic (exact) mass is 530 g/mol. The summed E-state index contributed by atoms with van der Waals surface area (Å²) in [5, 5.41) is 14.9. The van der Waals surface area contributed by atoms with E-state index in [9.17, 15) is 9.59 Å². The van der Waals surface area contributed by atoms with Crippen molar-refractivity contribution in [3.8, 4) is 17.4 Å². The summed E-state index contributed by atoms with van der Waals surface area (Å²) >= 11 is 0. The first kappa shape index (κ1) is 27.2. The molecule has 4 rings (SSSR count). The molecule has 0 fully saturated rings. The second-order valence-electron chi connectivity index (χ2n) is 8.79. The summed E-state index contributed by atoms with van der Waals surface area (Å²) in [6, 6.07) is 9.15. The summed E-state index contributed by atoms with van der Waals surface area (Å²) < 4.78 is 16.4. The molecule has 10 nitrogen and oxygen atoms in total. The Balaban J connectivity index is 1.70. The van der Waals surface area contributed by atoms with E-state index in [1.54, 1.807) is 37.8 Å². The molecule has 2 heterocycles. The van der Waals surface area contributed by atoms with Gasteiger partial charge in [-0.25, -0.2) is 4.98 Å². The summed E-state index contributed by atoms with van der Waals surface area (Å²) in [7, 11) is 4.57. The van der Waals surface area contributed by atoms with E-state index in [1.807, 2.05) is 31.2 Å². The Hall–Kier alpha value is -4.86. The van der Waals surface area contributed by atoms with Crippen LogP contribution in [0.2, 0.25) is 0 Å². The molecule has 0 radical (unpaired) electrons. The fraction of sp³-hybridized carbons (Fsp3) is 0.241. The van der Waals surface area contributed by atoms with E-state index in [-0.39, 0.29) is 18.9 Å². The van der Waals surface area contributed by atoms with Gasteiger partial charge >= 0.3 is 5.97 Å². The highest BCUT2D eigenvalue weighted by Gasteiger charge is 2.27. The number of fused-ring (bicyclic) bond motifs is 1. The highest BCUT2D eigenvalue weighted by atomic mass is 16.5. The molecule has 0 unspecified atom stereocenters. The zero-order valence-corrected chi connectivity index (χ0v) is 22.2. The number of aromatic nitrogens is 2. The molecule has 3 N–H and O–H groups in total. The lowest BCUT2D eigenvalue weighted by Crippen LogP contribution is -2.22. The Morgan fingerprint density at radius 3 is 2.31 bits per heavy atom. The molecule has 1 amide bonds. The van der Waals surface area contributed by atoms with Gasteiger partial charge < -0.3 is 30.0 Å². The van der Waals surface area contributed by atoms with Crippen molar-refractivity contribution in [2.45, 2.75) is 19.9 Å². The molecule has 1 aromatic carbocycles. The average molecular weight is 531 g/mol.